The van der Waals surface area contributed by atoms with Gasteiger partial charge >= 0.3 is 0 Å². The summed E-state index contributed by atoms with van der Waals surface area (Å²) in [5.74, 6) is 0. The molecule has 2 nitrogen and oxygen atoms in total. The van der Waals surface area contributed by atoms with Gasteiger partial charge in [-0.15, -0.1) is 0 Å². The van der Waals surface area contributed by atoms with E-state index in [1.54, 1.807) is 0 Å². The number of ether oxygens (including phenoxy) is 1. The van der Waals surface area contributed by atoms with E-state index in [-0.39, 0.29) is 0 Å². The Labute approximate surface area is 117 Å². The zero-order chi connectivity index (χ0) is 12.8. The minimum Gasteiger partial charge on any atom is -0.372 e. The summed E-state index contributed by atoms with van der Waals surface area (Å²) in [5, 5.41) is 3.75. The van der Waals surface area contributed by atoms with E-state index < -0.39 is 0 Å². The van der Waals surface area contributed by atoms with E-state index in [1.807, 2.05) is 0 Å². The summed E-state index contributed by atoms with van der Waals surface area (Å²) < 4.78 is 6.56. The van der Waals surface area contributed by atoms with Gasteiger partial charge in [-0.2, -0.15) is 0 Å². The molecule has 1 saturated heterocycles. The molecule has 0 bridgehead atoms. The van der Waals surface area contributed by atoms with Gasteiger partial charge in [0.1, 0.15) is 0 Å². The lowest BCUT2D eigenvalue weighted by molar-refractivity contribution is -0.0710. The Morgan fingerprint density at radius 1 is 0.895 bits per heavy atom. The largest absolute Gasteiger partial charge is 0.372 e. The van der Waals surface area contributed by atoms with Crippen LogP contribution in [0.1, 0.15) is 77.0 Å². The summed E-state index contributed by atoms with van der Waals surface area (Å²) >= 11 is 0. The highest BCUT2D eigenvalue weighted by Crippen LogP contribution is 2.53. The molecule has 0 aromatic heterocycles. The van der Waals surface area contributed by atoms with E-state index >= 15 is 0 Å². The number of rotatable bonds is 5. The van der Waals surface area contributed by atoms with Crippen molar-refractivity contribution in [3.8, 4) is 0 Å². The van der Waals surface area contributed by atoms with E-state index in [0.29, 0.717) is 17.1 Å². The van der Waals surface area contributed by atoms with E-state index in [2.05, 4.69) is 5.32 Å². The molecule has 1 N–H and O–H groups in total. The van der Waals surface area contributed by atoms with Crippen LogP contribution in [0, 0.1) is 5.41 Å². The lowest BCUT2D eigenvalue weighted by Gasteiger charge is -2.34. The zero-order valence-electron chi connectivity index (χ0n) is 12.3. The fourth-order valence-corrected chi connectivity index (χ4v) is 4.36. The molecule has 1 unspecified atom stereocenters. The fraction of sp³-hybridized carbons (Fsp3) is 1.00. The molecular weight excluding hydrogens is 234 g/mol. The zero-order valence-corrected chi connectivity index (χ0v) is 12.3. The van der Waals surface area contributed by atoms with Crippen LogP contribution in [0.15, 0.2) is 0 Å². The molecule has 1 aliphatic heterocycles. The van der Waals surface area contributed by atoms with Gasteiger partial charge < -0.3 is 10.1 Å². The molecule has 1 spiro atoms. The van der Waals surface area contributed by atoms with Gasteiger partial charge in [-0.05, 0) is 63.2 Å². The molecule has 0 aromatic carbocycles. The van der Waals surface area contributed by atoms with Crippen molar-refractivity contribution < 1.29 is 4.74 Å². The Morgan fingerprint density at radius 2 is 1.68 bits per heavy atom. The van der Waals surface area contributed by atoms with Crippen molar-refractivity contribution in [2.45, 2.75) is 94.8 Å². The first kappa shape index (κ1) is 12.6. The van der Waals surface area contributed by atoms with Gasteiger partial charge in [0.15, 0.2) is 0 Å². The maximum Gasteiger partial charge on any atom is 0.0687 e. The van der Waals surface area contributed by atoms with Crippen molar-refractivity contribution in [2.75, 3.05) is 6.54 Å². The predicted molar refractivity (Wildman–Crippen MR) is 77.2 cm³/mol. The van der Waals surface area contributed by atoms with Crippen molar-refractivity contribution in [3.63, 3.8) is 0 Å². The van der Waals surface area contributed by atoms with Crippen LogP contribution in [0.5, 0.6) is 0 Å². The van der Waals surface area contributed by atoms with Crippen molar-refractivity contribution in [1.29, 1.82) is 0 Å². The van der Waals surface area contributed by atoms with Crippen molar-refractivity contribution in [2.24, 2.45) is 5.41 Å². The van der Waals surface area contributed by atoms with Crippen LogP contribution in [0.25, 0.3) is 0 Å². The average Bonchev–Trinajstić information content (AvgIpc) is 3.32. The van der Waals surface area contributed by atoms with Crippen LogP contribution in [0.2, 0.25) is 0 Å². The number of nitrogens with one attached hydrogen (secondary N) is 1. The van der Waals surface area contributed by atoms with Crippen molar-refractivity contribution in [3.05, 3.63) is 0 Å². The third kappa shape index (κ3) is 2.85. The topological polar surface area (TPSA) is 21.3 Å². The minimum atomic E-state index is 0.322. The van der Waals surface area contributed by atoms with Crippen LogP contribution in [0.3, 0.4) is 0 Å². The molecule has 0 radical (unpaired) electrons. The van der Waals surface area contributed by atoms with Gasteiger partial charge in [-0.3, -0.25) is 0 Å². The lowest BCUT2D eigenvalue weighted by Crippen LogP contribution is -2.33. The highest BCUT2D eigenvalue weighted by Gasteiger charge is 2.48. The lowest BCUT2D eigenvalue weighted by atomic mass is 9.83. The highest BCUT2D eigenvalue weighted by molar-refractivity contribution is 5.01. The van der Waals surface area contributed by atoms with E-state index in [0.717, 1.165) is 6.04 Å². The van der Waals surface area contributed by atoms with Crippen molar-refractivity contribution in [1.82, 2.24) is 5.32 Å². The summed E-state index contributed by atoms with van der Waals surface area (Å²) in [6.07, 6.45) is 17.3. The molecule has 2 heteroatoms. The smallest absolute Gasteiger partial charge is 0.0687 e. The van der Waals surface area contributed by atoms with Crippen LogP contribution < -0.4 is 5.32 Å². The van der Waals surface area contributed by atoms with Gasteiger partial charge in [0.05, 0.1) is 11.7 Å². The molecule has 3 saturated carbocycles. The third-order valence-electron chi connectivity index (χ3n) is 6.06. The van der Waals surface area contributed by atoms with E-state index in [4.69, 9.17) is 4.74 Å². The first-order valence-electron chi connectivity index (χ1n) is 8.69. The van der Waals surface area contributed by atoms with Crippen LogP contribution >= 0.6 is 0 Å². The maximum absolute atomic E-state index is 6.56. The molecule has 0 aromatic rings. The molecule has 3 aliphatic carbocycles. The first-order valence-corrected chi connectivity index (χ1v) is 8.69. The van der Waals surface area contributed by atoms with Gasteiger partial charge in [-0.1, -0.05) is 19.3 Å². The Kier molecular flexibility index (Phi) is 3.15. The predicted octanol–water partition coefficient (Wildman–Crippen LogP) is 3.79. The van der Waals surface area contributed by atoms with Gasteiger partial charge in [0, 0.05) is 12.6 Å². The first-order chi connectivity index (χ1) is 9.28. The second kappa shape index (κ2) is 4.73. The molecule has 4 fully saturated rings. The maximum atomic E-state index is 6.56. The number of hydrogen-bond donors (Lipinski definition) is 1. The highest BCUT2D eigenvalue weighted by atomic mass is 16.5. The molecule has 0 amide bonds. The second-order valence-electron chi connectivity index (χ2n) is 7.88. The van der Waals surface area contributed by atoms with Gasteiger partial charge in [0.2, 0.25) is 0 Å². The molecule has 1 heterocycles. The summed E-state index contributed by atoms with van der Waals surface area (Å²) in [6.45, 7) is 1.27. The Balaban J connectivity index is 1.29. The quantitative estimate of drug-likeness (QED) is 0.815. The van der Waals surface area contributed by atoms with Crippen LogP contribution in [-0.4, -0.2) is 24.3 Å². The minimum absolute atomic E-state index is 0.322. The van der Waals surface area contributed by atoms with Crippen LogP contribution in [0.4, 0.5) is 0 Å². The number of hydrogen-bond acceptors (Lipinski definition) is 2. The fourth-order valence-electron chi connectivity index (χ4n) is 4.36. The van der Waals surface area contributed by atoms with Crippen molar-refractivity contribution >= 4 is 0 Å². The molecular formula is C17H29NO. The van der Waals surface area contributed by atoms with E-state index in [9.17, 15) is 0 Å². The van der Waals surface area contributed by atoms with Gasteiger partial charge in [0.25, 0.3) is 0 Å². The average molecular weight is 263 g/mol. The summed E-state index contributed by atoms with van der Waals surface area (Å²) in [6, 6.07) is 0.867. The summed E-state index contributed by atoms with van der Waals surface area (Å²) in [7, 11) is 0. The monoisotopic (exact) mass is 263 g/mol. The van der Waals surface area contributed by atoms with Crippen LogP contribution in [-0.2, 0) is 4.74 Å². The molecule has 19 heavy (non-hydrogen) atoms. The summed E-state index contributed by atoms with van der Waals surface area (Å²) in [5.41, 5.74) is 0.955. The van der Waals surface area contributed by atoms with E-state index in [1.165, 1.54) is 83.6 Å². The Hall–Kier alpha value is -0.0800. The molecule has 4 aliphatic rings. The van der Waals surface area contributed by atoms with Gasteiger partial charge in [-0.25, -0.2) is 0 Å². The molecule has 108 valence electrons. The normalized spacial score (nSPS) is 35.7. The molecule has 1 atom stereocenters. The SMILES string of the molecule is C1CCC2(CC1)CCC(CC1(CNC3CC3)CC1)O2. The standard InChI is InChI=1S/C17H29NO/c1-2-7-17(8-3-1)9-6-15(19-17)12-16(10-11-16)13-18-14-4-5-14/h14-15,18H,1-13H2. The Morgan fingerprint density at radius 3 is 2.37 bits per heavy atom. The Bertz CT molecular complexity index is 326. The third-order valence-corrected chi connectivity index (χ3v) is 6.06. The molecule has 4 rings (SSSR count). The summed E-state index contributed by atoms with van der Waals surface area (Å²) in [4.78, 5) is 0. The second-order valence-corrected chi connectivity index (χ2v) is 7.88.